The number of ether oxygens (including phenoxy) is 1. The third-order valence-electron chi connectivity index (χ3n) is 4.76. The monoisotopic (exact) mass is 349 g/mol. The van der Waals surface area contributed by atoms with E-state index in [1.165, 1.54) is 29.2 Å². The largest absolute Gasteiger partial charge is 0.465 e. The summed E-state index contributed by atoms with van der Waals surface area (Å²) in [5, 5.41) is 19.6. The van der Waals surface area contributed by atoms with Crippen molar-refractivity contribution in [3.05, 3.63) is 39.9 Å². The molecule has 0 unspecified atom stereocenters. The minimum atomic E-state index is -0.886. The van der Waals surface area contributed by atoms with E-state index in [1.807, 2.05) is 0 Å². The summed E-state index contributed by atoms with van der Waals surface area (Å²) in [5.74, 6) is -0.478. The van der Waals surface area contributed by atoms with Crippen molar-refractivity contribution in [3.63, 3.8) is 0 Å². The molecule has 25 heavy (non-hydrogen) atoms. The highest BCUT2D eigenvalue weighted by atomic mass is 16.6. The average Bonchev–Trinajstić information content (AvgIpc) is 2.57. The number of non-ortho nitro benzene ring substituents is 1. The van der Waals surface area contributed by atoms with Crippen LogP contribution in [0, 0.1) is 10.1 Å². The molecule has 1 aromatic carbocycles. The Morgan fingerprint density at radius 1 is 1.12 bits per heavy atom. The molecule has 2 aliphatic rings. The molecule has 1 saturated carbocycles. The molecule has 0 aromatic heterocycles. The number of hydrogen-bond acceptors (Lipinski definition) is 6. The van der Waals surface area contributed by atoms with Gasteiger partial charge in [-0.15, -0.1) is 0 Å². The summed E-state index contributed by atoms with van der Waals surface area (Å²) in [4.78, 5) is 36.7. The van der Waals surface area contributed by atoms with Crippen molar-refractivity contribution in [3.8, 4) is 0 Å². The van der Waals surface area contributed by atoms with E-state index >= 15 is 0 Å². The van der Waals surface area contributed by atoms with Crippen molar-refractivity contribution >= 4 is 17.7 Å². The van der Waals surface area contributed by atoms with E-state index in [4.69, 9.17) is 9.84 Å². The Morgan fingerprint density at radius 3 is 2.24 bits per heavy atom. The molecule has 0 atom stereocenters. The quantitative estimate of drug-likeness (QED) is 0.499. The van der Waals surface area contributed by atoms with Gasteiger partial charge in [0.05, 0.1) is 10.5 Å². The summed E-state index contributed by atoms with van der Waals surface area (Å²) in [7, 11) is 0. The predicted octanol–water partition coefficient (Wildman–Crippen LogP) is 1.58. The van der Waals surface area contributed by atoms with Gasteiger partial charge in [0.15, 0.2) is 0 Å². The van der Waals surface area contributed by atoms with Crippen LogP contribution in [0.4, 0.5) is 10.5 Å². The number of hydrogen-bond donors (Lipinski definition) is 1. The van der Waals surface area contributed by atoms with Crippen molar-refractivity contribution in [2.24, 2.45) is 0 Å². The molecule has 0 radical (unpaired) electrons. The zero-order valence-corrected chi connectivity index (χ0v) is 13.5. The fourth-order valence-electron chi connectivity index (χ4n) is 3.15. The summed E-state index contributed by atoms with van der Waals surface area (Å²) >= 11 is 0. The Balaban J connectivity index is 1.43. The molecule has 0 bridgehead atoms. The number of piperazine rings is 1. The Bertz CT molecular complexity index is 663. The zero-order chi connectivity index (χ0) is 18.0. The van der Waals surface area contributed by atoms with Crippen LogP contribution >= 0.6 is 0 Å². The number of nitro benzene ring substituents is 1. The van der Waals surface area contributed by atoms with Gasteiger partial charge in [-0.05, 0) is 12.1 Å². The van der Waals surface area contributed by atoms with Crippen molar-refractivity contribution < 1.29 is 24.4 Å². The molecule has 1 aliphatic carbocycles. The molecule has 134 valence electrons. The van der Waals surface area contributed by atoms with Gasteiger partial charge in [-0.1, -0.05) is 0 Å². The Hall–Kier alpha value is -2.68. The van der Waals surface area contributed by atoms with Crippen LogP contribution in [0.1, 0.15) is 23.2 Å². The van der Waals surface area contributed by atoms with Crippen LogP contribution in [-0.2, 0) is 4.74 Å². The molecule has 9 nitrogen and oxygen atoms in total. The van der Waals surface area contributed by atoms with Gasteiger partial charge < -0.3 is 14.7 Å². The van der Waals surface area contributed by atoms with Crippen molar-refractivity contribution in [1.82, 2.24) is 9.80 Å². The molecule has 3 rings (SSSR count). The van der Waals surface area contributed by atoms with Gasteiger partial charge in [0, 0.05) is 57.2 Å². The van der Waals surface area contributed by atoms with Crippen molar-refractivity contribution in [1.29, 1.82) is 0 Å². The van der Waals surface area contributed by atoms with Crippen LogP contribution < -0.4 is 0 Å². The lowest BCUT2D eigenvalue weighted by Gasteiger charge is -2.45. The molecule has 1 heterocycles. The van der Waals surface area contributed by atoms with Crippen LogP contribution in [0.3, 0.4) is 0 Å². The molecule has 0 spiro atoms. The lowest BCUT2D eigenvalue weighted by molar-refractivity contribution is -0.384. The highest BCUT2D eigenvalue weighted by Crippen LogP contribution is 2.30. The van der Waals surface area contributed by atoms with Crippen LogP contribution in [0.15, 0.2) is 24.3 Å². The lowest BCUT2D eigenvalue weighted by Crippen LogP contribution is -2.56. The molecular formula is C16H19N3O6. The molecule has 1 aromatic rings. The van der Waals surface area contributed by atoms with E-state index in [9.17, 15) is 19.7 Å². The average molecular weight is 349 g/mol. The third kappa shape index (κ3) is 3.87. The molecule has 1 aliphatic heterocycles. The zero-order valence-electron chi connectivity index (χ0n) is 13.5. The van der Waals surface area contributed by atoms with Crippen molar-refractivity contribution in [2.45, 2.75) is 25.0 Å². The first-order valence-corrected chi connectivity index (χ1v) is 8.11. The second kappa shape index (κ2) is 7.06. The van der Waals surface area contributed by atoms with E-state index in [0.717, 1.165) is 12.8 Å². The van der Waals surface area contributed by atoms with Crippen LogP contribution in [0.25, 0.3) is 0 Å². The van der Waals surface area contributed by atoms with Crippen LogP contribution in [0.5, 0.6) is 0 Å². The van der Waals surface area contributed by atoms with E-state index in [2.05, 4.69) is 4.90 Å². The summed E-state index contributed by atoms with van der Waals surface area (Å²) in [6, 6.07) is 5.65. The normalized spacial score (nSPS) is 23.6. The Kier molecular flexibility index (Phi) is 4.84. The third-order valence-corrected chi connectivity index (χ3v) is 4.76. The molecule has 1 saturated heterocycles. The number of nitrogens with zero attached hydrogens (tertiary/aromatic N) is 3. The van der Waals surface area contributed by atoms with Gasteiger partial charge in [-0.3, -0.25) is 15.0 Å². The minimum absolute atomic E-state index is 0.0687. The second-order valence-corrected chi connectivity index (χ2v) is 6.26. The SMILES string of the molecule is O=C(OC1CC(N2CCN(C(=O)O)CC2)C1)c1ccc([N+](=O)[O-])cc1. The lowest BCUT2D eigenvalue weighted by atomic mass is 9.87. The molecule has 9 heteroatoms. The van der Waals surface area contributed by atoms with Gasteiger partial charge in [0.2, 0.25) is 0 Å². The summed E-state index contributed by atoms with van der Waals surface area (Å²) in [5.41, 5.74) is 0.227. The van der Waals surface area contributed by atoms with Gasteiger partial charge >= 0.3 is 12.1 Å². The van der Waals surface area contributed by atoms with Crippen LogP contribution in [-0.4, -0.2) is 70.2 Å². The molecular weight excluding hydrogens is 330 g/mol. The van der Waals surface area contributed by atoms with Crippen LogP contribution in [0.2, 0.25) is 0 Å². The fourth-order valence-corrected chi connectivity index (χ4v) is 3.15. The van der Waals surface area contributed by atoms with Gasteiger partial charge in [0.25, 0.3) is 5.69 Å². The first-order valence-electron chi connectivity index (χ1n) is 8.11. The number of amides is 1. The fraction of sp³-hybridized carbons (Fsp3) is 0.500. The topological polar surface area (TPSA) is 113 Å². The van der Waals surface area contributed by atoms with Gasteiger partial charge in [0.1, 0.15) is 6.10 Å². The van der Waals surface area contributed by atoms with Crippen molar-refractivity contribution in [2.75, 3.05) is 26.2 Å². The van der Waals surface area contributed by atoms with Gasteiger partial charge in [-0.25, -0.2) is 9.59 Å². The first kappa shape index (κ1) is 17.2. The first-order chi connectivity index (χ1) is 11.9. The molecule has 2 fully saturated rings. The predicted molar refractivity (Wildman–Crippen MR) is 86.5 cm³/mol. The Labute approximate surface area is 143 Å². The van der Waals surface area contributed by atoms with E-state index in [1.54, 1.807) is 0 Å². The maximum atomic E-state index is 12.1. The number of carbonyl (C=O) groups excluding carboxylic acids is 1. The number of carbonyl (C=O) groups is 2. The maximum Gasteiger partial charge on any atom is 0.407 e. The molecule has 1 N–H and O–H groups in total. The number of carboxylic acid groups (broad SMARTS) is 1. The second-order valence-electron chi connectivity index (χ2n) is 6.26. The Morgan fingerprint density at radius 2 is 1.72 bits per heavy atom. The number of esters is 1. The number of rotatable bonds is 4. The summed E-state index contributed by atoms with van der Waals surface area (Å²) in [6.45, 7) is 2.39. The minimum Gasteiger partial charge on any atom is -0.465 e. The maximum absolute atomic E-state index is 12.1. The van der Waals surface area contributed by atoms with E-state index < -0.39 is 17.0 Å². The van der Waals surface area contributed by atoms with E-state index in [-0.39, 0.29) is 11.8 Å². The smallest absolute Gasteiger partial charge is 0.407 e. The highest BCUT2D eigenvalue weighted by molar-refractivity contribution is 5.89. The standard InChI is InChI=1S/C16H19N3O6/c20-15(11-1-3-12(4-2-11)19(23)24)25-14-9-13(10-14)17-5-7-18(8-6-17)16(21)22/h1-4,13-14H,5-10H2,(H,21,22). The number of nitro groups is 1. The number of benzene rings is 1. The summed E-state index contributed by atoms with van der Waals surface area (Å²) < 4.78 is 5.41. The van der Waals surface area contributed by atoms with Gasteiger partial charge in [-0.2, -0.15) is 0 Å². The highest BCUT2D eigenvalue weighted by Gasteiger charge is 2.37. The summed E-state index contributed by atoms with van der Waals surface area (Å²) in [6.07, 6.45) is 0.408. The molecule has 1 amide bonds. The van der Waals surface area contributed by atoms with E-state index in [0.29, 0.717) is 37.8 Å².